The van der Waals surface area contributed by atoms with E-state index in [9.17, 15) is 14.7 Å². The lowest BCUT2D eigenvalue weighted by atomic mass is 10.2. The highest BCUT2D eigenvalue weighted by molar-refractivity contribution is 5.94. The van der Waals surface area contributed by atoms with Crippen molar-refractivity contribution in [2.24, 2.45) is 0 Å². The molecule has 0 fully saturated rings. The van der Waals surface area contributed by atoms with Crippen LogP contribution >= 0.6 is 0 Å². The largest absolute Gasteiger partial charge is 0.480 e. The molecule has 1 rings (SSSR count). The van der Waals surface area contributed by atoms with Crippen LogP contribution in [-0.2, 0) is 11.3 Å². The number of amides is 1. The van der Waals surface area contributed by atoms with Crippen LogP contribution in [0.4, 0.5) is 0 Å². The van der Waals surface area contributed by atoms with Crippen molar-refractivity contribution in [1.82, 2.24) is 10.2 Å². The Morgan fingerprint density at radius 3 is 2.43 bits per heavy atom. The maximum absolute atomic E-state index is 11.9. The van der Waals surface area contributed by atoms with E-state index in [1.54, 1.807) is 6.07 Å². The van der Waals surface area contributed by atoms with E-state index in [1.165, 1.54) is 13.0 Å². The van der Waals surface area contributed by atoms with Crippen LogP contribution in [0.25, 0.3) is 0 Å². The maximum atomic E-state index is 11.9. The van der Waals surface area contributed by atoms with Gasteiger partial charge in [0.25, 0.3) is 5.91 Å². The molecule has 0 aliphatic carbocycles. The van der Waals surface area contributed by atoms with E-state index in [2.05, 4.69) is 10.2 Å². The van der Waals surface area contributed by atoms with Gasteiger partial charge in [-0.15, -0.1) is 0 Å². The number of hydrogen-bond acceptors (Lipinski definition) is 5. The Labute approximate surface area is 123 Å². The van der Waals surface area contributed by atoms with Gasteiger partial charge < -0.3 is 19.9 Å². The summed E-state index contributed by atoms with van der Waals surface area (Å²) in [6.45, 7) is 7.66. The number of furan rings is 1. The smallest absolute Gasteiger partial charge is 0.328 e. The molecule has 2 unspecified atom stereocenters. The fourth-order valence-electron chi connectivity index (χ4n) is 1.85. The molecule has 0 aliphatic rings. The average molecular weight is 298 g/mol. The molecule has 21 heavy (non-hydrogen) atoms. The standard InChI is InChI=1S/C14H22N2O5/c1-4-16(5-2)8-10-6-7-11(21-10)13(18)15-12(9(3)17)14(19)20/h6-7,9,12,17H,4-5,8H2,1-3H3,(H,15,18)(H,19,20). The van der Waals surface area contributed by atoms with Crippen LogP contribution < -0.4 is 5.32 Å². The van der Waals surface area contributed by atoms with Gasteiger partial charge in [-0.25, -0.2) is 4.79 Å². The average Bonchev–Trinajstić information content (AvgIpc) is 2.89. The van der Waals surface area contributed by atoms with Gasteiger partial charge in [0.15, 0.2) is 11.8 Å². The number of nitrogens with zero attached hydrogens (tertiary/aromatic N) is 1. The molecule has 0 aliphatic heterocycles. The predicted molar refractivity (Wildman–Crippen MR) is 75.9 cm³/mol. The molecule has 1 aromatic rings. The number of nitrogens with one attached hydrogen (secondary N) is 1. The first-order valence-electron chi connectivity index (χ1n) is 6.91. The van der Waals surface area contributed by atoms with Crippen molar-refractivity contribution in [3.8, 4) is 0 Å². The second-order valence-electron chi connectivity index (χ2n) is 4.76. The van der Waals surface area contributed by atoms with Gasteiger partial charge in [-0.2, -0.15) is 0 Å². The van der Waals surface area contributed by atoms with Gasteiger partial charge in [0.1, 0.15) is 5.76 Å². The van der Waals surface area contributed by atoms with Crippen molar-refractivity contribution in [2.45, 2.75) is 39.5 Å². The number of aliphatic hydroxyl groups excluding tert-OH is 1. The summed E-state index contributed by atoms with van der Waals surface area (Å²) < 4.78 is 5.41. The number of carboxylic acid groups (broad SMARTS) is 1. The van der Waals surface area contributed by atoms with E-state index in [0.29, 0.717) is 12.3 Å². The third kappa shape index (κ3) is 4.87. The molecule has 0 bridgehead atoms. The van der Waals surface area contributed by atoms with Crippen molar-refractivity contribution < 1.29 is 24.2 Å². The molecule has 7 nitrogen and oxygen atoms in total. The second kappa shape index (κ2) is 7.80. The Hall–Kier alpha value is -1.86. The lowest BCUT2D eigenvalue weighted by Gasteiger charge is -2.16. The number of carboxylic acids is 1. The zero-order valence-corrected chi connectivity index (χ0v) is 12.5. The van der Waals surface area contributed by atoms with Crippen molar-refractivity contribution in [3.63, 3.8) is 0 Å². The molecule has 118 valence electrons. The summed E-state index contributed by atoms with van der Waals surface area (Å²) in [6.07, 6.45) is -1.20. The van der Waals surface area contributed by atoms with Crippen molar-refractivity contribution in [3.05, 3.63) is 23.7 Å². The molecule has 0 spiro atoms. The third-order valence-corrected chi connectivity index (χ3v) is 3.19. The monoisotopic (exact) mass is 298 g/mol. The molecule has 7 heteroatoms. The Kier molecular flexibility index (Phi) is 6.39. The van der Waals surface area contributed by atoms with E-state index in [-0.39, 0.29) is 5.76 Å². The van der Waals surface area contributed by atoms with Crippen molar-refractivity contribution in [2.75, 3.05) is 13.1 Å². The van der Waals surface area contributed by atoms with Gasteiger partial charge in [0.05, 0.1) is 12.6 Å². The van der Waals surface area contributed by atoms with Crippen LogP contribution in [0.1, 0.15) is 37.1 Å². The van der Waals surface area contributed by atoms with Gasteiger partial charge in [-0.1, -0.05) is 13.8 Å². The van der Waals surface area contributed by atoms with Crippen molar-refractivity contribution >= 4 is 11.9 Å². The van der Waals surface area contributed by atoms with E-state index in [0.717, 1.165) is 13.1 Å². The lowest BCUT2D eigenvalue weighted by molar-refractivity contribution is -0.141. The minimum absolute atomic E-state index is 0.0315. The minimum Gasteiger partial charge on any atom is -0.480 e. The molecule has 0 radical (unpaired) electrons. The van der Waals surface area contributed by atoms with Crippen LogP contribution in [0.15, 0.2) is 16.5 Å². The molecule has 2 atom stereocenters. The SMILES string of the molecule is CCN(CC)Cc1ccc(C(=O)NC(C(=O)O)C(C)O)o1. The summed E-state index contributed by atoms with van der Waals surface area (Å²) in [6, 6.07) is 1.81. The molecule has 1 aromatic heterocycles. The molecular weight excluding hydrogens is 276 g/mol. The fourth-order valence-corrected chi connectivity index (χ4v) is 1.85. The first-order chi connectivity index (χ1) is 9.88. The summed E-state index contributed by atoms with van der Waals surface area (Å²) >= 11 is 0. The summed E-state index contributed by atoms with van der Waals surface area (Å²) in [5, 5.41) is 20.5. The molecule has 1 heterocycles. The highest BCUT2D eigenvalue weighted by Crippen LogP contribution is 2.11. The van der Waals surface area contributed by atoms with Gasteiger partial charge in [-0.3, -0.25) is 9.69 Å². The lowest BCUT2D eigenvalue weighted by Crippen LogP contribution is -2.47. The van der Waals surface area contributed by atoms with Crippen LogP contribution in [0.3, 0.4) is 0 Å². The molecule has 0 saturated heterocycles. The van der Waals surface area contributed by atoms with Gasteiger partial charge in [0, 0.05) is 0 Å². The zero-order chi connectivity index (χ0) is 16.0. The molecular formula is C14H22N2O5. The number of hydrogen-bond donors (Lipinski definition) is 3. The van der Waals surface area contributed by atoms with Crippen LogP contribution in [0.2, 0.25) is 0 Å². The van der Waals surface area contributed by atoms with Gasteiger partial charge in [0.2, 0.25) is 0 Å². The Morgan fingerprint density at radius 1 is 1.33 bits per heavy atom. The predicted octanol–water partition coefficient (Wildman–Crippen LogP) is 0.685. The van der Waals surface area contributed by atoms with E-state index >= 15 is 0 Å². The van der Waals surface area contributed by atoms with Crippen LogP contribution in [-0.4, -0.2) is 52.2 Å². The molecule has 3 N–H and O–H groups in total. The summed E-state index contributed by atoms with van der Waals surface area (Å²) in [5.74, 6) is -1.29. The molecule has 1 amide bonds. The number of carbonyl (C=O) groups excluding carboxylic acids is 1. The molecule has 0 saturated carbocycles. The van der Waals surface area contributed by atoms with E-state index in [4.69, 9.17) is 9.52 Å². The fraction of sp³-hybridized carbons (Fsp3) is 0.571. The highest BCUT2D eigenvalue weighted by atomic mass is 16.4. The Bertz CT molecular complexity index is 479. The van der Waals surface area contributed by atoms with Crippen LogP contribution in [0, 0.1) is 0 Å². The quantitative estimate of drug-likeness (QED) is 0.652. The topological polar surface area (TPSA) is 103 Å². The number of rotatable bonds is 8. The normalized spacial score (nSPS) is 14.0. The highest BCUT2D eigenvalue weighted by Gasteiger charge is 2.26. The zero-order valence-electron chi connectivity index (χ0n) is 12.5. The summed E-state index contributed by atoms with van der Waals surface area (Å²) in [5.41, 5.74) is 0. The summed E-state index contributed by atoms with van der Waals surface area (Å²) in [7, 11) is 0. The maximum Gasteiger partial charge on any atom is 0.328 e. The van der Waals surface area contributed by atoms with Crippen molar-refractivity contribution in [1.29, 1.82) is 0 Å². The Morgan fingerprint density at radius 2 is 1.95 bits per heavy atom. The number of aliphatic hydroxyl groups is 1. The second-order valence-corrected chi connectivity index (χ2v) is 4.76. The molecule has 0 aromatic carbocycles. The van der Waals surface area contributed by atoms with Gasteiger partial charge in [-0.05, 0) is 32.1 Å². The minimum atomic E-state index is -1.37. The summed E-state index contributed by atoms with van der Waals surface area (Å²) in [4.78, 5) is 25.0. The van der Waals surface area contributed by atoms with Crippen LogP contribution in [0.5, 0.6) is 0 Å². The van der Waals surface area contributed by atoms with Gasteiger partial charge >= 0.3 is 5.97 Å². The first kappa shape index (κ1) is 17.2. The first-order valence-corrected chi connectivity index (χ1v) is 6.91. The van der Waals surface area contributed by atoms with E-state index in [1.807, 2.05) is 13.8 Å². The number of carbonyl (C=O) groups is 2. The third-order valence-electron chi connectivity index (χ3n) is 3.19. The van der Waals surface area contributed by atoms with E-state index < -0.39 is 24.0 Å². The number of aliphatic carboxylic acids is 1. The Balaban J connectivity index is 2.71.